The maximum atomic E-state index is 12.7. The quantitative estimate of drug-likeness (QED) is 0.574. The van der Waals surface area contributed by atoms with Crippen LogP contribution in [0.4, 0.5) is 24.7 Å². The number of halogens is 3. The molecule has 0 aliphatic rings. The lowest BCUT2D eigenvalue weighted by atomic mass is 10.2. The van der Waals surface area contributed by atoms with Gasteiger partial charge in [0.05, 0.1) is 18.4 Å². The summed E-state index contributed by atoms with van der Waals surface area (Å²) in [6.07, 6.45) is -3.19. The fourth-order valence-electron chi connectivity index (χ4n) is 1.79. The highest BCUT2D eigenvalue weighted by Gasteiger charge is 2.30. The molecular formula is C14H13F3N4O2S. The molecule has 3 N–H and O–H groups in total. The van der Waals surface area contributed by atoms with Crippen LogP contribution in [0.3, 0.4) is 0 Å². The number of alkyl halides is 3. The van der Waals surface area contributed by atoms with E-state index in [1.165, 1.54) is 18.3 Å². The molecule has 0 saturated heterocycles. The first kappa shape index (κ1) is 17.7. The summed E-state index contributed by atoms with van der Waals surface area (Å²) in [6, 6.07) is 4.57. The molecule has 0 spiro atoms. The Morgan fingerprint density at radius 2 is 2.12 bits per heavy atom. The van der Waals surface area contributed by atoms with Crippen molar-refractivity contribution in [3.05, 3.63) is 41.6 Å². The van der Waals surface area contributed by atoms with Crippen LogP contribution < -0.4 is 10.6 Å². The van der Waals surface area contributed by atoms with E-state index in [-0.39, 0.29) is 28.8 Å². The summed E-state index contributed by atoms with van der Waals surface area (Å²) in [5.74, 6) is -0.423. The third-order valence-corrected chi connectivity index (χ3v) is 3.03. The van der Waals surface area contributed by atoms with Crippen LogP contribution >= 0.6 is 12.2 Å². The Kier molecular flexibility index (Phi) is 5.39. The minimum absolute atomic E-state index is 0.0101. The smallest absolute Gasteiger partial charge is 0.416 e. The van der Waals surface area contributed by atoms with Crippen LogP contribution in [-0.2, 0) is 10.9 Å². The second-order valence-electron chi connectivity index (χ2n) is 4.54. The van der Waals surface area contributed by atoms with E-state index in [2.05, 4.69) is 20.8 Å². The average molecular weight is 358 g/mol. The molecule has 1 aromatic heterocycles. The van der Waals surface area contributed by atoms with Crippen LogP contribution in [0.15, 0.2) is 30.5 Å². The predicted molar refractivity (Wildman–Crippen MR) is 85.8 cm³/mol. The molecule has 0 fully saturated rings. The molecule has 2 rings (SSSR count). The lowest BCUT2D eigenvalue weighted by Crippen LogP contribution is -2.21. The number of H-pyrrole nitrogens is 1. The van der Waals surface area contributed by atoms with Crippen LogP contribution in [0.25, 0.3) is 0 Å². The summed E-state index contributed by atoms with van der Waals surface area (Å²) in [4.78, 5) is 11.7. The minimum atomic E-state index is -4.45. The lowest BCUT2D eigenvalue weighted by Gasteiger charge is -2.12. The van der Waals surface area contributed by atoms with E-state index in [4.69, 9.17) is 17.0 Å². The molecule has 24 heavy (non-hydrogen) atoms. The van der Waals surface area contributed by atoms with Crippen molar-refractivity contribution in [2.75, 3.05) is 17.2 Å². The Labute approximate surface area is 140 Å². The molecule has 0 radical (unpaired) electrons. The molecule has 0 saturated carbocycles. The number of nitrogens with one attached hydrogen (secondary N) is 3. The highest BCUT2D eigenvalue weighted by molar-refractivity contribution is 7.80. The number of benzene rings is 1. The SMILES string of the molecule is CCOC(=O)c1cn[nH]c1NC(=S)Nc1cccc(C(F)(F)F)c1. The highest BCUT2D eigenvalue weighted by atomic mass is 32.1. The van der Waals surface area contributed by atoms with Gasteiger partial charge in [0.25, 0.3) is 0 Å². The number of thiocarbonyl (C=S) groups is 1. The number of esters is 1. The number of carbonyl (C=O) groups excluding carboxylic acids is 1. The number of carbonyl (C=O) groups is 1. The van der Waals surface area contributed by atoms with Gasteiger partial charge in [-0.1, -0.05) is 6.07 Å². The van der Waals surface area contributed by atoms with Gasteiger partial charge < -0.3 is 15.4 Å². The van der Waals surface area contributed by atoms with Crippen molar-refractivity contribution in [1.82, 2.24) is 10.2 Å². The maximum absolute atomic E-state index is 12.7. The number of nitrogens with zero attached hydrogens (tertiary/aromatic N) is 1. The lowest BCUT2D eigenvalue weighted by molar-refractivity contribution is -0.137. The van der Waals surface area contributed by atoms with E-state index in [9.17, 15) is 18.0 Å². The van der Waals surface area contributed by atoms with Crippen molar-refractivity contribution in [1.29, 1.82) is 0 Å². The number of ether oxygens (including phenoxy) is 1. The van der Waals surface area contributed by atoms with E-state index in [1.54, 1.807) is 6.92 Å². The molecule has 0 atom stereocenters. The number of hydrogen-bond donors (Lipinski definition) is 3. The molecule has 0 aliphatic carbocycles. The molecule has 1 aromatic carbocycles. The number of aromatic amines is 1. The van der Waals surface area contributed by atoms with Gasteiger partial charge in [-0.15, -0.1) is 0 Å². The number of anilines is 2. The Morgan fingerprint density at radius 1 is 1.38 bits per heavy atom. The number of hydrogen-bond acceptors (Lipinski definition) is 4. The van der Waals surface area contributed by atoms with Crippen molar-refractivity contribution >= 4 is 34.8 Å². The first-order valence-corrected chi connectivity index (χ1v) is 7.18. The molecule has 6 nitrogen and oxygen atoms in total. The summed E-state index contributed by atoms with van der Waals surface area (Å²) in [6.45, 7) is 1.85. The Morgan fingerprint density at radius 3 is 2.79 bits per heavy atom. The second kappa shape index (κ2) is 7.30. The van der Waals surface area contributed by atoms with Gasteiger partial charge in [0.1, 0.15) is 11.4 Å². The molecule has 10 heteroatoms. The van der Waals surface area contributed by atoms with Crippen LogP contribution in [0.5, 0.6) is 0 Å². The van der Waals surface area contributed by atoms with Crippen LogP contribution in [-0.4, -0.2) is 27.9 Å². The van der Waals surface area contributed by atoms with Crippen molar-refractivity contribution in [3.63, 3.8) is 0 Å². The minimum Gasteiger partial charge on any atom is -0.462 e. The monoisotopic (exact) mass is 358 g/mol. The molecule has 0 bridgehead atoms. The summed E-state index contributed by atoms with van der Waals surface area (Å²) in [7, 11) is 0. The predicted octanol–water partition coefficient (Wildman–Crippen LogP) is 3.41. The van der Waals surface area contributed by atoms with Gasteiger partial charge in [0.2, 0.25) is 0 Å². The molecular weight excluding hydrogens is 345 g/mol. The van der Waals surface area contributed by atoms with Crippen molar-refractivity contribution in [2.45, 2.75) is 13.1 Å². The maximum Gasteiger partial charge on any atom is 0.416 e. The van der Waals surface area contributed by atoms with E-state index in [0.29, 0.717) is 0 Å². The largest absolute Gasteiger partial charge is 0.462 e. The second-order valence-corrected chi connectivity index (χ2v) is 4.95. The van der Waals surface area contributed by atoms with Crippen LogP contribution in [0.2, 0.25) is 0 Å². The molecule has 0 amide bonds. The topological polar surface area (TPSA) is 79.0 Å². The van der Waals surface area contributed by atoms with Gasteiger partial charge >= 0.3 is 12.1 Å². The van der Waals surface area contributed by atoms with Crippen LogP contribution in [0.1, 0.15) is 22.8 Å². The Balaban J connectivity index is 2.07. The van der Waals surface area contributed by atoms with E-state index < -0.39 is 17.7 Å². The van der Waals surface area contributed by atoms with Crippen molar-refractivity contribution in [3.8, 4) is 0 Å². The van der Waals surface area contributed by atoms with E-state index >= 15 is 0 Å². The molecule has 0 aliphatic heterocycles. The van der Waals surface area contributed by atoms with Crippen molar-refractivity contribution in [2.24, 2.45) is 0 Å². The summed E-state index contributed by atoms with van der Waals surface area (Å²) in [5.41, 5.74) is -0.520. The van der Waals surface area contributed by atoms with Gasteiger partial charge in [0, 0.05) is 5.69 Å². The van der Waals surface area contributed by atoms with Gasteiger partial charge in [-0.05, 0) is 37.3 Å². The molecule has 128 valence electrons. The zero-order valence-electron chi connectivity index (χ0n) is 12.4. The van der Waals surface area contributed by atoms with Crippen molar-refractivity contribution < 1.29 is 22.7 Å². The molecule has 0 unspecified atom stereocenters. The first-order chi connectivity index (χ1) is 11.3. The number of aromatic nitrogens is 2. The first-order valence-electron chi connectivity index (χ1n) is 6.77. The van der Waals surface area contributed by atoms with Gasteiger partial charge in [-0.25, -0.2) is 4.79 Å². The fraction of sp³-hybridized carbons (Fsp3) is 0.214. The van der Waals surface area contributed by atoms with Gasteiger partial charge in [0.15, 0.2) is 5.11 Å². The third kappa shape index (κ3) is 4.44. The standard InChI is InChI=1S/C14H13F3N4O2S/c1-2-23-12(22)10-7-18-21-11(10)20-13(24)19-9-5-3-4-8(6-9)14(15,16)17/h3-7H,2H2,1H3,(H3,18,19,20,21,24). The normalized spacial score (nSPS) is 11.0. The molecule has 2 aromatic rings. The summed E-state index contributed by atoms with van der Waals surface area (Å²) >= 11 is 5.03. The summed E-state index contributed by atoms with van der Waals surface area (Å²) < 4.78 is 42.9. The van der Waals surface area contributed by atoms with Gasteiger partial charge in [-0.2, -0.15) is 18.3 Å². The Hall–Kier alpha value is -2.62. The Bertz CT molecular complexity index is 746. The average Bonchev–Trinajstić information content (AvgIpc) is 2.95. The molecule has 1 heterocycles. The van der Waals surface area contributed by atoms with E-state index in [0.717, 1.165) is 12.1 Å². The highest BCUT2D eigenvalue weighted by Crippen LogP contribution is 2.30. The summed E-state index contributed by atoms with van der Waals surface area (Å²) in [5, 5.41) is 11.5. The number of rotatable bonds is 4. The zero-order chi connectivity index (χ0) is 17.7. The van der Waals surface area contributed by atoms with E-state index in [1.807, 2.05) is 0 Å². The van der Waals surface area contributed by atoms with Gasteiger partial charge in [-0.3, -0.25) is 5.10 Å². The van der Waals surface area contributed by atoms with Crippen LogP contribution in [0, 0.1) is 0 Å². The fourth-order valence-corrected chi connectivity index (χ4v) is 2.01. The third-order valence-electron chi connectivity index (χ3n) is 2.82. The zero-order valence-corrected chi connectivity index (χ0v) is 13.2.